The molecule has 1 aromatic carbocycles. The summed E-state index contributed by atoms with van der Waals surface area (Å²) in [6.07, 6.45) is 2.14. The van der Waals surface area contributed by atoms with Crippen LogP contribution in [0.15, 0.2) is 24.3 Å². The molecule has 0 bridgehead atoms. The maximum absolute atomic E-state index is 10.7. The zero-order valence-electron chi connectivity index (χ0n) is 7.09. The molecule has 1 aromatic rings. The molecule has 0 aliphatic rings. The highest BCUT2D eigenvalue weighted by Gasteiger charge is 2.00. The molecule has 0 aromatic heterocycles. The molecular weight excluding hydrogens is 251 g/mol. The van der Waals surface area contributed by atoms with E-state index >= 15 is 0 Å². The maximum atomic E-state index is 10.7. The lowest BCUT2D eigenvalue weighted by atomic mass is 10.1. The molecule has 3 heteroatoms. The van der Waals surface area contributed by atoms with E-state index in [0.717, 1.165) is 18.2 Å². The first-order valence-electron chi connectivity index (χ1n) is 4.09. The Balaban J connectivity index is 2.64. The van der Waals surface area contributed by atoms with Crippen LogP contribution < -0.4 is 0 Å². The van der Waals surface area contributed by atoms with Crippen LogP contribution in [0.25, 0.3) is 0 Å². The van der Waals surface area contributed by atoms with Crippen molar-refractivity contribution in [2.24, 2.45) is 0 Å². The van der Waals surface area contributed by atoms with Crippen LogP contribution in [-0.2, 0) is 6.42 Å². The summed E-state index contributed by atoms with van der Waals surface area (Å²) in [6.45, 7) is 0. The molecule has 0 aliphatic heterocycles. The number of benzene rings is 1. The van der Waals surface area contributed by atoms with Crippen LogP contribution in [0.5, 0.6) is 0 Å². The summed E-state index contributed by atoms with van der Waals surface area (Å²) >= 11 is 8.68. The first kappa shape index (κ1) is 10.7. The van der Waals surface area contributed by atoms with Crippen LogP contribution in [0, 0.1) is 0 Å². The van der Waals surface area contributed by atoms with Crippen LogP contribution in [0.1, 0.15) is 22.3 Å². The minimum atomic E-state index is -0.396. The van der Waals surface area contributed by atoms with Gasteiger partial charge in [0.2, 0.25) is 0 Å². The molecular formula is C10H10BrClO. The van der Waals surface area contributed by atoms with E-state index in [1.807, 2.05) is 12.1 Å². The van der Waals surface area contributed by atoms with Crippen molar-refractivity contribution in [3.8, 4) is 0 Å². The number of aryl methyl sites for hydroxylation is 1. The van der Waals surface area contributed by atoms with Crippen molar-refractivity contribution in [2.45, 2.75) is 12.8 Å². The first-order chi connectivity index (χ1) is 6.24. The molecule has 0 aliphatic carbocycles. The van der Waals surface area contributed by atoms with E-state index in [9.17, 15) is 4.79 Å². The molecule has 70 valence electrons. The van der Waals surface area contributed by atoms with Crippen LogP contribution >= 0.6 is 27.5 Å². The van der Waals surface area contributed by atoms with E-state index in [4.69, 9.17) is 11.6 Å². The van der Waals surface area contributed by atoms with Gasteiger partial charge < -0.3 is 0 Å². The molecule has 0 heterocycles. The zero-order chi connectivity index (χ0) is 9.68. The van der Waals surface area contributed by atoms with E-state index in [-0.39, 0.29) is 0 Å². The Labute approximate surface area is 91.2 Å². The molecule has 0 atom stereocenters. The lowest BCUT2D eigenvalue weighted by molar-refractivity contribution is 0.108. The smallest absolute Gasteiger partial charge is 0.252 e. The van der Waals surface area contributed by atoms with Crippen molar-refractivity contribution in [1.29, 1.82) is 0 Å². The molecule has 1 nitrogen and oxygen atoms in total. The second-order valence-corrected chi connectivity index (χ2v) is 3.90. The number of rotatable bonds is 4. The van der Waals surface area contributed by atoms with Gasteiger partial charge in [-0.05, 0) is 42.1 Å². The third kappa shape index (κ3) is 3.49. The summed E-state index contributed by atoms with van der Waals surface area (Å²) in [7, 11) is 0. The van der Waals surface area contributed by atoms with Gasteiger partial charge in [-0.25, -0.2) is 0 Å². The van der Waals surface area contributed by atoms with Crippen LogP contribution in [0.4, 0.5) is 0 Å². The van der Waals surface area contributed by atoms with Gasteiger partial charge in [0.15, 0.2) is 0 Å². The number of halogens is 2. The van der Waals surface area contributed by atoms with Gasteiger partial charge in [-0.1, -0.05) is 28.1 Å². The van der Waals surface area contributed by atoms with Crippen LogP contribution in [0.3, 0.4) is 0 Å². The minimum Gasteiger partial charge on any atom is -0.276 e. The summed E-state index contributed by atoms with van der Waals surface area (Å²) < 4.78 is 0. The number of hydrogen-bond acceptors (Lipinski definition) is 1. The van der Waals surface area contributed by atoms with Crippen molar-refractivity contribution < 1.29 is 4.79 Å². The summed E-state index contributed by atoms with van der Waals surface area (Å²) in [5, 5.41) is 0.607. The zero-order valence-corrected chi connectivity index (χ0v) is 9.44. The van der Waals surface area contributed by atoms with E-state index in [1.54, 1.807) is 12.1 Å². The topological polar surface area (TPSA) is 17.1 Å². The molecule has 0 spiro atoms. The van der Waals surface area contributed by atoms with Gasteiger partial charge in [0.05, 0.1) is 0 Å². The van der Waals surface area contributed by atoms with Crippen molar-refractivity contribution in [3.05, 3.63) is 35.4 Å². The quantitative estimate of drug-likeness (QED) is 0.600. The van der Waals surface area contributed by atoms with E-state index in [1.165, 1.54) is 5.56 Å². The second-order valence-electron chi connectivity index (χ2n) is 2.76. The standard InChI is InChI=1S/C10H10BrClO/c11-7-1-2-8-3-5-9(6-4-8)10(12)13/h3-6H,1-2,7H2. The van der Waals surface area contributed by atoms with Crippen molar-refractivity contribution in [1.82, 2.24) is 0 Å². The van der Waals surface area contributed by atoms with Gasteiger partial charge in [0.25, 0.3) is 5.24 Å². The Morgan fingerprint density at radius 2 is 1.92 bits per heavy atom. The van der Waals surface area contributed by atoms with Gasteiger partial charge >= 0.3 is 0 Å². The molecule has 0 unspecified atom stereocenters. The summed E-state index contributed by atoms with van der Waals surface area (Å²) in [6, 6.07) is 7.41. The predicted molar refractivity (Wildman–Crippen MR) is 58.7 cm³/mol. The lowest BCUT2D eigenvalue weighted by Gasteiger charge is -1.99. The molecule has 0 fully saturated rings. The summed E-state index contributed by atoms with van der Waals surface area (Å²) in [5.41, 5.74) is 1.80. The van der Waals surface area contributed by atoms with E-state index in [0.29, 0.717) is 5.56 Å². The van der Waals surface area contributed by atoms with Crippen LogP contribution in [0.2, 0.25) is 0 Å². The highest BCUT2D eigenvalue weighted by Crippen LogP contribution is 2.09. The first-order valence-corrected chi connectivity index (χ1v) is 5.58. The fraction of sp³-hybridized carbons (Fsp3) is 0.300. The average molecular weight is 262 g/mol. The van der Waals surface area contributed by atoms with Gasteiger partial charge in [-0.3, -0.25) is 4.79 Å². The largest absolute Gasteiger partial charge is 0.276 e. The summed E-state index contributed by atoms with van der Waals surface area (Å²) in [5.74, 6) is 0. The average Bonchev–Trinajstić information content (AvgIpc) is 2.15. The second kappa shape index (κ2) is 5.40. The van der Waals surface area contributed by atoms with Gasteiger partial charge in [0.1, 0.15) is 0 Å². The number of alkyl halides is 1. The fourth-order valence-electron chi connectivity index (χ4n) is 1.07. The number of hydrogen-bond donors (Lipinski definition) is 0. The fourth-order valence-corrected chi connectivity index (χ4v) is 1.48. The molecule has 1 rings (SSSR count). The third-order valence-electron chi connectivity index (χ3n) is 1.78. The SMILES string of the molecule is O=C(Cl)c1ccc(CCCBr)cc1. The maximum Gasteiger partial charge on any atom is 0.252 e. The third-order valence-corrected chi connectivity index (χ3v) is 2.56. The van der Waals surface area contributed by atoms with Crippen molar-refractivity contribution in [3.63, 3.8) is 0 Å². The van der Waals surface area contributed by atoms with Crippen LogP contribution in [-0.4, -0.2) is 10.6 Å². The Morgan fingerprint density at radius 1 is 1.31 bits per heavy atom. The lowest BCUT2D eigenvalue weighted by Crippen LogP contribution is -1.90. The van der Waals surface area contributed by atoms with Crippen molar-refractivity contribution >= 4 is 32.8 Å². The van der Waals surface area contributed by atoms with Crippen molar-refractivity contribution in [2.75, 3.05) is 5.33 Å². The molecule has 0 amide bonds. The molecule has 0 N–H and O–H groups in total. The normalized spacial score (nSPS) is 10.0. The highest BCUT2D eigenvalue weighted by atomic mass is 79.9. The van der Waals surface area contributed by atoms with Gasteiger partial charge in [-0.2, -0.15) is 0 Å². The Bertz CT molecular complexity index is 281. The molecule has 0 saturated carbocycles. The molecule has 13 heavy (non-hydrogen) atoms. The Morgan fingerprint density at radius 3 is 2.38 bits per heavy atom. The van der Waals surface area contributed by atoms with E-state index in [2.05, 4.69) is 15.9 Å². The summed E-state index contributed by atoms with van der Waals surface area (Å²) in [4.78, 5) is 10.7. The monoisotopic (exact) mass is 260 g/mol. The van der Waals surface area contributed by atoms with Gasteiger partial charge in [-0.15, -0.1) is 0 Å². The molecule has 0 radical (unpaired) electrons. The highest BCUT2D eigenvalue weighted by molar-refractivity contribution is 9.09. The minimum absolute atomic E-state index is 0.396. The van der Waals surface area contributed by atoms with E-state index < -0.39 is 5.24 Å². The number of carbonyl (C=O) groups is 1. The number of carbonyl (C=O) groups excluding carboxylic acids is 1. The Hall–Kier alpha value is -0.340. The Kier molecular flexibility index (Phi) is 4.46. The van der Waals surface area contributed by atoms with Gasteiger partial charge in [0, 0.05) is 10.9 Å². The molecule has 0 saturated heterocycles. The predicted octanol–water partition coefficient (Wildman–Crippen LogP) is 3.39.